The number of hydrogen-bond acceptors (Lipinski definition) is 2. The van der Waals surface area contributed by atoms with Crippen molar-refractivity contribution in [3.8, 4) is 5.75 Å². The van der Waals surface area contributed by atoms with E-state index in [1.165, 1.54) is 0 Å². The summed E-state index contributed by atoms with van der Waals surface area (Å²) in [6.45, 7) is 2.62. The maximum atomic E-state index is 5.56. The minimum absolute atomic E-state index is 0.222. The highest BCUT2D eigenvalue weighted by atomic mass is 16.7. The lowest BCUT2D eigenvalue weighted by molar-refractivity contribution is -0.0414. The number of para-hydroxylation sites is 1. The van der Waals surface area contributed by atoms with Crippen molar-refractivity contribution in [2.24, 2.45) is 0 Å². The second kappa shape index (κ2) is 3.62. The highest BCUT2D eigenvalue weighted by molar-refractivity contribution is 5.59. The van der Waals surface area contributed by atoms with Crippen molar-refractivity contribution in [1.29, 1.82) is 0 Å². The highest BCUT2D eigenvalue weighted by Crippen LogP contribution is 2.25. The summed E-state index contributed by atoms with van der Waals surface area (Å²) in [5.41, 5.74) is 1.11. The Kier molecular flexibility index (Phi) is 2.32. The van der Waals surface area contributed by atoms with E-state index in [9.17, 15) is 0 Å². The standard InChI is InChI=1S/C11H12O2/c1-2-12-11-8-7-9-5-3-4-6-10(9)13-11/h3-8,11H,2H2,1H3. The zero-order chi connectivity index (χ0) is 9.10. The van der Waals surface area contributed by atoms with E-state index < -0.39 is 0 Å². The van der Waals surface area contributed by atoms with E-state index in [2.05, 4.69) is 0 Å². The Hall–Kier alpha value is -1.28. The molecule has 0 saturated carbocycles. The summed E-state index contributed by atoms with van der Waals surface area (Å²) in [4.78, 5) is 0. The minimum Gasteiger partial charge on any atom is -0.461 e. The highest BCUT2D eigenvalue weighted by Gasteiger charge is 2.12. The molecule has 2 rings (SSSR count). The molecule has 2 nitrogen and oxygen atoms in total. The molecule has 1 aliphatic heterocycles. The molecule has 1 unspecified atom stereocenters. The molecule has 0 aliphatic carbocycles. The van der Waals surface area contributed by atoms with Gasteiger partial charge in [0.1, 0.15) is 5.75 Å². The van der Waals surface area contributed by atoms with Gasteiger partial charge in [-0.1, -0.05) is 18.2 Å². The fourth-order valence-corrected chi connectivity index (χ4v) is 1.33. The Bertz CT molecular complexity index is 318. The van der Waals surface area contributed by atoms with Gasteiger partial charge in [0, 0.05) is 12.2 Å². The average molecular weight is 176 g/mol. The Labute approximate surface area is 77.8 Å². The van der Waals surface area contributed by atoms with E-state index >= 15 is 0 Å². The molecule has 0 bridgehead atoms. The van der Waals surface area contributed by atoms with Crippen LogP contribution in [-0.4, -0.2) is 12.9 Å². The van der Waals surface area contributed by atoms with Crippen molar-refractivity contribution in [2.45, 2.75) is 13.2 Å². The van der Waals surface area contributed by atoms with Gasteiger partial charge in [-0.2, -0.15) is 0 Å². The van der Waals surface area contributed by atoms with E-state index in [0.29, 0.717) is 6.61 Å². The summed E-state index contributed by atoms with van der Waals surface area (Å²) in [7, 11) is 0. The molecule has 1 aromatic rings. The molecule has 2 heteroatoms. The fourth-order valence-electron chi connectivity index (χ4n) is 1.33. The van der Waals surface area contributed by atoms with Crippen LogP contribution in [0.5, 0.6) is 5.75 Å². The van der Waals surface area contributed by atoms with Gasteiger partial charge in [-0.05, 0) is 25.1 Å². The molecular formula is C11H12O2. The Balaban J connectivity index is 2.19. The van der Waals surface area contributed by atoms with Gasteiger partial charge in [0.05, 0.1) is 0 Å². The number of fused-ring (bicyclic) bond motifs is 1. The molecule has 1 aliphatic rings. The molecule has 0 aromatic heterocycles. The van der Waals surface area contributed by atoms with Crippen LogP contribution in [0.2, 0.25) is 0 Å². The number of rotatable bonds is 2. The largest absolute Gasteiger partial charge is 0.461 e. The molecular weight excluding hydrogens is 164 g/mol. The topological polar surface area (TPSA) is 18.5 Å². The van der Waals surface area contributed by atoms with E-state index in [0.717, 1.165) is 11.3 Å². The lowest BCUT2D eigenvalue weighted by Crippen LogP contribution is -2.20. The second-order valence-electron chi connectivity index (χ2n) is 2.84. The van der Waals surface area contributed by atoms with E-state index in [4.69, 9.17) is 9.47 Å². The van der Waals surface area contributed by atoms with Crippen molar-refractivity contribution in [2.75, 3.05) is 6.61 Å². The predicted octanol–water partition coefficient (Wildman–Crippen LogP) is 2.45. The first-order valence-electron chi connectivity index (χ1n) is 4.45. The Morgan fingerprint density at radius 2 is 2.23 bits per heavy atom. The van der Waals surface area contributed by atoms with Crippen molar-refractivity contribution in [3.05, 3.63) is 35.9 Å². The number of benzene rings is 1. The summed E-state index contributed by atoms with van der Waals surface area (Å²) in [6.07, 6.45) is 3.73. The van der Waals surface area contributed by atoms with Gasteiger partial charge >= 0.3 is 0 Å². The molecule has 0 fully saturated rings. The third-order valence-corrected chi connectivity index (χ3v) is 1.93. The van der Waals surface area contributed by atoms with Gasteiger partial charge in [-0.15, -0.1) is 0 Å². The van der Waals surface area contributed by atoms with Gasteiger partial charge in [0.15, 0.2) is 0 Å². The van der Waals surface area contributed by atoms with Crippen LogP contribution in [-0.2, 0) is 4.74 Å². The van der Waals surface area contributed by atoms with Crippen molar-refractivity contribution in [1.82, 2.24) is 0 Å². The average Bonchev–Trinajstić information content (AvgIpc) is 2.18. The van der Waals surface area contributed by atoms with Crippen molar-refractivity contribution >= 4 is 6.08 Å². The molecule has 0 spiro atoms. The molecule has 0 saturated heterocycles. The van der Waals surface area contributed by atoms with Crippen molar-refractivity contribution < 1.29 is 9.47 Å². The van der Waals surface area contributed by atoms with Crippen LogP contribution in [0.25, 0.3) is 6.08 Å². The summed E-state index contributed by atoms with van der Waals surface area (Å²) in [5.74, 6) is 0.892. The van der Waals surface area contributed by atoms with E-state index in [-0.39, 0.29) is 6.29 Å². The molecule has 1 aromatic carbocycles. The van der Waals surface area contributed by atoms with Crippen molar-refractivity contribution in [3.63, 3.8) is 0 Å². The van der Waals surface area contributed by atoms with E-state index in [1.54, 1.807) is 0 Å². The molecule has 1 heterocycles. The van der Waals surface area contributed by atoms with Gasteiger partial charge in [-0.3, -0.25) is 0 Å². The van der Waals surface area contributed by atoms with Gasteiger partial charge in [0.2, 0.25) is 6.29 Å². The van der Waals surface area contributed by atoms with Crippen LogP contribution >= 0.6 is 0 Å². The molecule has 1 atom stereocenters. The number of ether oxygens (including phenoxy) is 2. The molecule has 0 amide bonds. The third-order valence-electron chi connectivity index (χ3n) is 1.93. The first kappa shape index (κ1) is 8.32. The molecule has 0 radical (unpaired) electrons. The molecule has 13 heavy (non-hydrogen) atoms. The normalized spacial score (nSPS) is 19.3. The molecule has 68 valence electrons. The summed E-state index contributed by atoms with van der Waals surface area (Å²) < 4.78 is 10.9. The van der Waals surface area contributed by atoms with Gasteiger partial charge in [0.25, 0.3) is 0 Å². The Morgan fingerprint density at radius 3 is 3.08 bits per heavy atom. The summed E-state index contributed by atoms with van der Waals surface area (Å²) in [5, 5.41) is 0. The van der Waals surface area contributed by atoms with Crippen LogP contribution in [0, 0.1) is 0 Å². The lowest BCUT2D eigenvalue weighted by atomic mass is 10.1. The lowest BCUT2D eigenvalue weighted by Gasteiger charge is -2.20. The SMILES string of the molecule is CCOC1C=Cc2ccccc2O1. The van der Waals surface area contributed by atoms with Gasteiger partial charge < -0.3 is 9.47 Å². The van der Waals surface area contributed by atoms with Crippen LogP contribution in [0.4, 0.5) is 0 Å². The predicted molar refractivity (Wildman–Crippen MR) is 51.5 cm³/mol. The van der Waals surface area contributed by atoms with Crippen LogP contribution in [0.1, 0.15) is 12.5 Å². The maximum Gasteiger partial charge on any atom is 0.220 e. The smallest absolute Gasteiger partial charge is 0.220 e. The van der Waals surface area contributed by atoms with Crippen LogP contribution < -0.4 is 4.74 Å². The fraction of sp³-hybridized carbons (Fsp3) is 0.273. The van der Waals surface area contributed by atoms with Crippen LogP contribution in [0.15, 0.2) is 30.3 Å². The monoisotopic (exact) mass is 176 g/mol. The quantitative estimate of drug-likeness (QED) is 0.689. The summed E-state index contributed by atoms with van der Waals surface area (Å²) >= 11 is 0. The zero-order valence-electron chi connectivity index (χ0n) is 7.57. The summed E-state index contributed by atoms with van der Waals surface area (Å²) in [6, 6.07) is 7.92. The molecule has 0 N–H and O–H groups in total. The zero-order valence-corrected chi connectivity index (χ0v) is 7.57. The third kappa shape index (κ3) is 1.73. The first-order chi connectivity index (χ1) is 6.40. The van der Waals surface area contributed by atoms with E-state index in [1.807, 2.05) is 43.3 Å². The first-order valence-corrected chi connectivity index (χ1v) is 4.45. The number of hydrogen-bond donors (Lipinski definition) is 0. The maximum absolute atomic E-state index is 5.56. The van der Waals surface area contributed by atoms with Crippen LogP contribution in [0.3, 0.4) is 0 Å². The van der Waals surface area contributed by atoms with Gasteiger partial charge in [-0.25, -0.2) is 0 Å². The second-order valence-corrected chi connectivity index (χ2v) is 2.84. The minimum atomic E-state index is -0.222. The Morgan fingerprint density at radius 1 is 1.38 bits per heavy atom.